The highest BCUT2D eigenvalue weighted by atomic mass is 32.2. The molecule has 0 unspecified atom stereocenters. The highest BCUT2D eigenvalue weighted by molar-refractivity contribution is 7.89. The number of rotatable bonds is 5. The van der Waals surface area contributed by atoms with Gasteiger partial charge in [-0.25, -0.2) is 17.5 Å². The van der Waals surface area contributed by atoms with E-state index in [0.717, 1.165) is 57.9 Å². The molecule has 2 aliphatic heterocycles. The zero-order chi connectivity index (χ0) is 20.6. The standard InChI is InChI=1S/C22H31FN2O3S/c1-2-5-18-19-6-3-7-21(26)25-15-4-13-22(19,25)14-12-20(18)24-29(27,28)17-10-8-16(23)9-11-17/h8-11,18-20,24H,2-7,12-15H2,1H3/t18-,19+,20+,22-/m1/s1. The van der Waals surface area contributed by atoms with Crippen LogP contribution in [0.2, 0.25) is 0 Å². The molecule has 3 aliphatic rings. The number of hydrogen-bond donors (Lipinski definition) is 1. The van der Waals surface area contributed by atoms with Gasteiger partial charge in [0.15, 0.2) is 0 Å². The fourth-order valence-corrected chi connectivity index (χ4v) is 7.58. The van der Waals surface area contributed by atoms with E-state index < -0.39 is 15.8 Å². The molecular weight excluding hydrogens is 391 g/mol. The Morgan fingerprint density at radius 3 is 2.66 bits per heavy atom. The molecule has 1 spiro atoms. The lowest BCUT2D eigenvalue weighted by Gasteiger charge is -2.53. The van der Waals surface area contributed by atoms with Crippen molar-refractivity contribution in [3.63, 3.8) is 0 Å². The zero-order valence-corrected chi connectivity index (χ0v) is 17.9. The van der Waals surface area contributed by atoms with Gasteiger partial charge < -0.3 is 4.90 Å². The van der Waals surface area contributed by atoms with E-state index in [1.54, 1.807) is 0 Å². The molecule has 5 nitrogen and oxygen atoms in total. The molecule has 160 valence electrons. The Balaban J connectivity index is 1.62. The van der Waals surface area contributed by atoms with Crippen LogP contribution >= 0.6 is 0 Å². The topological polar surface area (TPSA) is 66.5 Å². The lowest BCUT2D eigenvalue weighted by Crippen LogP contribution is -2.60. The molecule has 7 heteroatoms. The minimum Gasteiger partial charge on any atom is -0.337 e. The van der Waals surface area contributed by atoms with E-state index in [2.05, 4.69) is 16.5 Å². The van der Waals surface area contributed by atoms with Crippen molar-refractivity contribution in [1.82, 2.24) is 9.62 Å². The summed E-state index contributed by atoms with van der Waals surface area (Å²) in [6.07, 6.45) is 8.12. The highest BCUT2D eigenvalue weighted by Crippen LogP contribution is 2.52. The van der Waals surface area contributed by atoms with E-state index in [4.69, 9.17) is 0 Å². The van der Waals surface area contributed by atoms with Gasteiger partial charge in [-0.1, -0.05) is 13.3 Å². The van der Waals surface area contributed by atoms with Gasteiger partial charge in [0.05, 0.1) is 4.90 Å². The second-order valence-corrected chi connectivity index (χ2v) is 10.6. The molecular formula is C22H31FN2O3S. The second kappa shape index (κ2) is 7.99. The zero-order valence-electron chi connectivity index (χ0n) is 17.1. The van der Waals surface area contributed by atoms with Crippen molar-refractivity contribution in [2.24, 2.45) is 11.8 Å². The number of carbonyl (C=O) groups is 1. The van der Waals surface area contributed by atoms with Gasteiger partial charge in [-0.15, -0.1) is 0 Å². The van der Waals surface area contributed by atoms with Gasteiger partial charge in [0.2, 0.25) is 15.9 Å². The number of halogens is 1. The Morgan fingerprint density at radius 2 is 1.93 bits per heavy atom. The van der Waals surface area contributed by atoms with Gasteiger partial charge in [0, 0.05) is 24.5 Å². The van der Waals surface area contributed by atoms with Crippen molar-refractivity contribution in [2.75, 3.05) is 6.54 Å². The van der Waals surface area contributed by atoms with Crippen molar-refractivity contribution in [3.8, 4) is 0 Å². The normalized spacial score (nSPS) is 32.6. The summed E-state index contributed by atoms with van der Waals surface area (Å²) < 4.78 is 42.1. The lowest BCUT2D eigenvalue weighted by molar-refractivity contribution is -0.138. The molecule has 1 aliphatic carbocycles. The monoisotopic (exact) mass is 422 g/mol. The Kier molecular flexibility index (Phi) is 5.73. The van der Waals surface area contributed by atoms with Gasteiger partial charge in [-0.3, -0.25) is 4.79 Å². The molecule has 0 bridgehead atoms. The predicted octanol–water partition coefficient (Wildman–Crippen LogP) is 3.84. The number of nitrogens with zero attached hydrogens (tertiary/aromatic N) is 1. The fourth-order valence-electron chi connectivity index (χ4n) is 6.26. The number of nitrogens with one attached hydrogen (secondary N) is 1. The van der Waals surface area contributed by atoms with Crippen LogP contribution < -0.4 is 4.72 Å². The Morgan fingerprint density at radius 1 is 1.17 bits per heavy atom. The van der Waals surface area contributed by atoms with Crippen LogP contribution in [-0.4, -0.2) is 37.4 Å². The third-order valence-corrected chi connectivity index (χ3v) is 8.91. The summed E-state index contributed by atoms with van der Waals surface area (Å²) in [5, 5.41) is 0. The molecule has 3 fully saturated rings. The molecule has 29 heavy (non-hydrogen) atoms. The first kappa shape index (κ1) is 20.8. The summed E-state index contributed by atoms with van der Waals surface area (Å²) in [7, 11) is -3.71. The maximum atomic E-state index is 13.2. The average molecular weight is 423 g/mol. The van der Waals surface area contributed by atoms with Crippen molar-refractivity contribution in [2.45, 2.75) is 81.2 Å². The Bertz CT molecular complexity index is 857. The third kappa shape index (κ3) is 3.72. The van der Waals surface area contributed by atoms with Crippen molar-refractivity contribution in [3.05, 3.63) is 30.1 Å². The first-order valence-corrected chi connectivity index (χ1v) is 12.4. The number of hydrogen-bond acceptors (Lipinski definition) is 3. The van der Waals surface area contributed by atoms with Crippen molar-refractivity contribution in [1.29, 1.82) is 0 Å². The van der Waals surface area contributed by atoms with Gasteiger partial charge >= 0.3 is 0 Å². The largest absolute Gasteiger partial charge is 0.337 e. The molecule has 2 saturated heterocycles. The molecule has 1 aromatic carbocycles. The maximum absolute atomic E-state index is 13.2. The van der Waals surface area contributed by atoms with E-state index in [9.17, 15) is 17.6 Å². The average Bonchev–Trinajstić information content (AvgIpc) is 3.05. The van der Waals surface area contributed by atoms with E-state index in [1.165, 1.54) is 24.3 Å². The Hall–Kier alpha value is -1.47. The molecule has 1 saturated carbocycles. The number of amides is 1. The van der Waals surface area contributed by atoms with Crippen LogP contribution in [0.4, 0.5) is 4.39 Å². The molecule has 0 aromatic heterocycles. The van der Waals surface area contributed by atoms with Crippen LogP contribution in [0.1, 0.15) is 64.7 Å². The quantitative estimate of drug-likeness (QED) is 0.784. The summed E-state index contributed by atoms with van der Waals surface area (Å²) in [6.45, 7) is 2.99. The smallest absolute Gasteiger partial charge is 0.240 e. The van der Waals surface area contributed by atoms with Crippen LogP contribution in [0, 0.1) is 17.7 Å². The van der Waals surface area contributed by atoms with Crippen LogP contribution in [0.3, 0.4) is 0 Å². The fraction of sp³-hybridized carbons (Fsp3) is 0.682. The SMILES string of the molecule is CCC[C@H]1[C@@H](NS(=O)(=O)c2ccc(F)cc2)CC[C@@]23CCCN2C(=O)CCC[C@@H]13. The molecule has 2 heterocycles. The first-order chi connectivity index (χ1) is 13.9. The summed E-state index contributed by atoms with van der Waals surface area (Å²) in [6, 6.07) is 4.86. The molecule has 0 radical (unpaired) electrons. The molecule has 1 N–H and O–H groups in total. The molecule has 1 aromatic rings. The summed E-state index contributed by atoms with van der Waals surface area (Å²) in [5.41, 5.74) is -0.0781. The Labute approximate surface area is 173 Å². The molecule has 1 amide bonds. The third-order valence-electron chi connectivity index (χ3n) is 7.40. The van der Waals surface area contributed by atoms with Gasteiger partial charge in [0.25, 0.3) is 0 Å². The van der Waals surface area contributed by atoms with Crippen LogP contribution in [0.25, 0.3) is 0 Å². The van der Waals surface area contributed by atoms with Crippen LogP contribution in [0.5, 0.6) is 0 Å². The number of sulfonamides is 1. The van der Waals surface area contributed by atoms with E-state index in [1.807, 2.05) is 0 Å². The summed E-state index contributed by atoms with van der Waals surface area (Å²) in [5.74, 6) is 0.393. The maximum Gasteiger partial charge on any atom is 0.240 e. The highest BCUT2D eigenvalue weighted by Gasteiger charge is 2.56. The van der Waals surface area contributed by atoms with Crippen molar-refractivity contribution >= 4 is 15.9 Å². The summed E-state index contributed by atoms with van der Waals surface area (Å²) in [4.78, 5) is 15.0. The van der Waals surface area contributed by atoms with E-state index in [0.29, 0.717) is 12.3 Å². The van der Waals surface area contributed by atoms with Gasteiger partial charge in [-0.2, -0.15) is 0 Å². The number of carbonyl (C=O) groups excluding carboxylic acids is 1. The van der Waals surface area contributed by atoms with Crippen molar-refractivity contribution < 1.29 is 17.6 Å². The van der Waals surface area contributed by atoms with Gasteiger partial charge in [0.1, 0.15) is 5.82 Å². The van der Waals surface area contributed by atoms with Gasteiger partial charge in [-0.05, 0) is 81.0 Å². The van der Waals surface area contributed by atoms with Crippen LogP contribution in [0.15, 0.2) is 29.2 Å². The van der Waals surface area contributed by atoms with E-state index in [-0.39, 0.29) is 28.3 Å². The molecule has 4 atom stereocenters. The first-order valence-electron chi connectivity index (χ1n) is 11.0. The van der Waals surface area contributed by atoms with E-state index >= 15 is 0 Å². The minimum absolute atomic E-state index is 0.0781. The lowest BCUT2D eigenvalue weighted by atomic mass is 9.61. The number of benzene rings is 1. The van der Waals surface area contributed by atoms with Crippen LogP contribution in [-0.2, 0) is 14.8 Å². The predicted molar refractivity (Wildman–Crippen MR) is 109 cm³/mol. The second-order valence-electron chi connectivity index (χ2n) is 8.92. The minimum atomic E-state index is -3.71. The molecule has 4 rings (SSSR count). The summed E-state index contributed by atoms with van der Waals surface area (Å²) >= 11 is 0.